The number of hydrogen-bond donors (Lipinski definition) is 1. The Balaban J connectivity index is 1.90. The van der Waals surface area contributed by atoms with Gasteiger partial charge in [0.25, 0.3) is 0 Å². The van der Waals surface area contributed by atoms with Crippen LogP contribution >= 0.6 is 0 Å². The maximum Gasteiger partial charge on any atom is 0.224 e. The summed E-state index contributed by atoms with van der Waals surface area (Å²) in [4.78, 5) is 12.0. The number of nitrogens with one attached hydrogen (secondary N) is 1. The average Bonchev–Trinajstić information content (AvgIpc) is 2.49. The van der Waals surface area contributed by atoms with Crippen LogP contribution in [0.25, 0.3) is 0 Å². The Morgan fingerprint density at radius 2 is 1.67 bits per heavy atom. The Labute approximate surface area is 125 Å². The Kier molecular flexibility index (Phi) is 4.73. The molecule has 0 aromatic heterocycles. The maximum atomic E-state index is 12.8. The molecule has 0 saturated heterocycles. The zero-order chi connectivity index (χ0) is 15.3. The fourth-order valence-corrected chi connectivity index (χ4v) is 2.16. The van der Waals surface area contributed by atoms with Crippen molar-refractivity contribution in [3.63, 3.8) is 0 Å². The van der Waals surface area contributed by atoms with Gasteiger partial charge in [-0.15, -0.1) is 0 Å². The molecule has 0 aliphatic heterocycles. The molecule has 3 heteroatoms. The second kappa shape index (κ2) is 6.53. The number of rotatable bonds is 5. The molecule has 2 aromatic carbocycles. The molecule has 0 fully saturated rings. The van der Waals surface area contributed by atoms with Gasteiger partial charge < -0.3 is 5.32 Å². The van der Waals surface area contributed by atoms with Gasteiger partial charge in [0.2, 0.25) is 5.91 Å². The van der Waals surface area contributed by atoms with Crippen LogP contribution in [0.3, 0.4) is 0 Å². The molecule has 2 aromatic rings. The van der Waals surface area contributed by atoms with Crippen molar-refractivity contribution in [3.05, 3.63) is 71.5 Å². The highest BCUT2D eigenvalue weighted by Crippen LogP contribution is 2.21. The summed E-state index contributed by atoms with van der Waals surface area (Å²) >= 11 is 0. The van der Waals surface area contributed by atoms with Crippen molar-refractivity contribution in [2.45, 2.75) is 25.7 Å². The molecule has 0 heterocycles. The second-order valence-corrected chi connectivity index (χ2v) is 5.83. The fraction of sp³-hybridized carbons (Fsp3) is 0.278. The van der Waals surface area contributed by atoms with Crippen LogP contribution < -0.4 is 5.32 Å². The van der Waals surface area contributed by atoms with Crippen LogP contribution in [0, 0.1) is 5.82 Å². The van der Waals surface area contributed by atoms with Gasteiger partial charge in [-0.1, -0.05) is 56.3 Å². The Hall–Kier alpha value is -2.16. The van der Waals surface area contributed by atoms with Crippen molar-refractivity contribution in [2.24, 2.45) is 0 Å². The van der Waals surface area contributed by atoms with E-state index in [2.05, 4.69) is 31.3 Å². The monoisotopic (exact) mass is 285 g/mol. The van der Waals surface area contributed by atoms with Crippen molar-refractivity contribution >= 4 is 5.91 Å². The third-order valence-corrected chi connectivity index (χ3v) is 3.56. The first-order valence-electron chi connectivity index (χ1n) is 7.04. The van der Waals surface area contributed by atoms with Crippen LogP contribution in [0.15, 0.2) is 54.6 Å². The molecule has 0 unspecified atom stereocenters. The highest BCUT2D eigenvalue weighted by atomic mass is 19.1. The minimum Gasteiger partial charge on any atom is -0.355 e. The normalized spacial score (nSPS) is 11.2. The quantitative estimate of drug-likeness (QED) is 0.895. The first kappa shape index (κ1) is 15.2. The first-order valence-corrected chi connectivity index (χ1v) is 7.04. The molecule has 0 saturated carbocycles. The van der Waals surface area contributed by atoms with Crippen molar-refractivity contribution in [3.8, 4) is 0 Å². The Bertz CT molecular complexity index is 590. The number of hydrogen-bond acceptors (Lipinski definition) is 1. The summed E-state index contributed by atoms with van der Waals surface area (Å²) in [5.74, 6) is -0.338. The fourth-order valence-electron chi connectivity index (χ4n) is 2.16. The lowest BCUT2D eigenvalue weighted by molar-refractivity contribution is -0.120. The van der Waals surface area contributed by atoms with Gasteiger partial charge in [-0.05, 0) is 23.3 Å². The molecule has 0 aliphatic carbocycles. The van der Waals surface area contributed by atoms with E-state index in [-0.39, 0.29) is 23.6 Å². The first-order chi connectivity index (χ1) is 9.97. The number of halogens is 1. The summed E-state index contributed by atoms with van der Waals surface area (Å²) in [5.41, 5.74) is 1.87. The topological polar surface area (TPSA) is 29.1 Å². The third-order valence-electron chi connectivity index (χ3n) is 3.56. The lowest BCUT2D eigenvalue weighted by atomic mass is 9.84. The van der Waals surface area contributed by atoms with Gasteiger partial charge in [0.15, 0.2) is 0 Å². The molecule has 1 amide bonds. The standard InChI is InChI=1S/C18H20FNO/c1-18(2,15-6-4-3-5-7-15)13-20-17(21)12-14-8-10-16(19)11-9-14/h3-11H,12-13H2,1-2H3,(H,20,21). The summed E-state index contributed by atoms with van der Waals surface area (Å²) in [5, 5.41) is 2.95. The molecule has 110 valence electrons. The zero-order valence-corrected chi connectivity index (χ0v) is 12.4. The summed E-state index contributed by atoms with van der Waals surface area (Å²) < 4.78 is 12.8. The predicted molar refractivity (Wildman–Crippen MR) is 82.6 cm³/mol. The summed E-state index contributed by atoms with van der Waals surface area (Å²) in [7, 11) is 0. The summed E-state index contributed by atoms with van der Waals surface area (Å²) in [6.45, 7) is 4.76. The zero-order valence-electron chi connectivity index (χ0n) is 12.4. The van der Waals surface area contributed by atoms with Crippen LogP contribution in [-0.2, 0) is 16.6 Å². The number of carbonyl (C=O) groups excluding carboxylic acids is 1. The van der Waals surface area contributed by atoms with E-state index in [0.717, 1.165) is 5.56 Å². The summed E-state index contributed by atoms with van der Waals surface area (Å²) in [6.07, 6.45) is 0.269. The average molecular weight is 285 g/mol. The smallest absolute Gasteiger partial charge is 0.224 e. The van der Waals surface area contributed by atoms with Crippen LogP contribution in [0.4, 0.5) is 4.39 Å². The van der Waals surface area contributed by atoms with E-state index in [1.54, 1.807) is 12.1 Å². The molecule has 0 spiro atoms. The van der Waals surface area contributed by atoms with Gasteiger partial charge in [-0.25, -0.2) is 4.39 Å². The van der Waals surface area contributed by atoms with Crippen molar-refractivity contribution in [1.82, 2.24) is 5.32 Å². The van der Waals surface area contributed by atoms with E-state index < -0.39 is 0 Å². The van der Waals surface area contributed by atoms with E-state index in [9.17, 15) is 9.18 Å². The van der Waals surface area contributed by atoms with E-state index in [4.69, 9.17) is 0 Å². The predicted octanol–water partition coefficient (Wildman–Crippen LogP) is 3.46. The van der Waals surface area contributed by atoms with E-state index in [0.29, 0.717) is 6.54 Å². The molecule has 2 rings (SSSR count). The maximum absolute atomic E-state index is 12.8. The highest BCUT2D eigenvalue weighted by molar-refractivity contribution is 5.78. The lowest BCUT2D eigenvalue weighted by Crippen LogP contribution is -2.37. The van der Waals surface area contributed by atoms with E-state index in [1.807, 2.05) is 18.2 Å². The van der Waals surface area contributed by atoms with Gasteiger partial charge >= 0.3 is 0 Å². The minimum absolute atomic E-state index is 0.0504. The molecule has 0 bridgehead atoms. The lowest BCUT2D eigenvalue weighted by Gasteiger charge is -2.25. The van der Waals surface area contributed by atoms with Gasteiger partial charge in [-0.2, -0.15) is 0 Å². The molecular weight excluding hydrogens is 265 g/mol. The molecule has 2 nitrogen and oxygen atoms in total. The number of benzene rings is 2. The molecule has 1 N–H and O–H groups in total. The second-order valence-electron chi connectivity index (χ2n) is 5.83. The highest BCUT2D eigenvalue weighted by Gasteiger charge is 2.20. The number of amides is 1. The Morgan fingerprint density at radius 1 is 1.05 bits per heavy atom. The molecule has 0 atom stereocenters. The van der Waals surface area contributed by atoms with Crippen molar-refractivity contribution in [1.29, 1.82) is 0 Å². The van der Waals surface area contributed by atoms with Gasteiger partial charge in [0, 0.05) is 12.0 Å². The van der Waals surface area contributed by atoms with E-state index in [1.165, 1.54) is 17.7 Å². The van der Waals surface area contributed by atoms with Gasteiger partial charge in [-0.3, -0.25) is 4.79 Å². The van der Waals surface area contributed by atoms with Crippen LogP contribution in [-0.4, -0.2) is 12.5 Å². The third kappa shape index (κ3) is 4.42. The molecule has 0 radical (unpaired) electrons. The number of carbonyl (C=O) groups is 1. The van der Waals surface area contributed by atoms with Crippen molar-refractivity contribution < 1.29 is 9.18 Å². The van der Waals surface area contributed by atoms with Crippen LogP contribution in [0.5, 0.6) is 0 Å². The summed E-state index contributed by atoms with van der Waals surface area (Å²) in [6, 6.07) is 16.1. The molecule has 21 heavy (non-hydrogen) atoms. The van der Waals surface area contributed by atoms with Crippen LogP contribution in [0.2, 0.25) is 0 Å². The van der Waals surface area contributed by atoms with Crippen molar-refractivity contribution in [2.75, 3.05) is 6.54 Å². The van der Waals surface area contributed by atoms with Crippen LogP contribution in [0.1, 0.15) is 25.0 Å². The largest absolute Gasteiger partial charge is 0.355 e. The Morgan fingerprint density at radius 3 is 2.29 bits per heavy atom. The SMILES string of the molecule is CC(C)(CNC(=O)Cc1ccc(F)cc1)c1ccccc1. The van der Waals surface area contributed by atoms with Gasteiger partial charge in [0.05, 0.1) is 6.42 Å². The van der Waals surface area contributed by atoms with Gasteiger partial charge in [0.1, 0.15) is 5.82 Å². The minimum atomic E-state index is -0.288. The molecular formula is C18H20FNO. The molecule has 0 aliphatic rings. The van der Waals surface area contributed by atoms with E-state index >= 15 is 0 Å².